The van der Waals surface area contributed by atoms with Crippen LogP contribution in [-0.2, 0) is 11.3 Å². The highest BCUT2D eigenvalue weighted by atomic mass is 35.5. The van der Waals surface area contributed by atoms with Gasteiger partial charge in [-0.3, -0.25) is 4.79 Å². The number of hydrogen-bond acceptors (Lipinski definition) is 6. The van der Waals surface area contributed by atoms with Crippen LogP contribution in [0.1, 0.15) is 16.7 Å². The Morgan fingerprint density at radius 2 is 2.00 bits per heavy atom. The number of hydrogen-bond donors (Lipinski definition) is 2. The zero-order valence-corrected chi connectivity index (χ0v) is 14.0. The lowest BCUT2D eigenvalue weighted by Gasteiger charge is -2.08. The molecule has 0 spiro atoms. The van der Waals surface area contributed by atoms with Crippen molar-refractivity contribution < 1.29 is 4.79 Å². The maximum atomic E-state index is 11.9. The molecule has 0 fully saturated rings. The second-order valence-corrected chi connectivity index (χ2v) is 6.03. The molecule has 0 aliphatic carbocycles. The second-order valence-electron chi connectivity index (χ2n) is 4.65. The van der Waals surface area contributed by atoms with Crippen molar-refractivity contribution in [2.45, 2.75) is 11.6 Å². The van der Waals surface area contributed by atoms with Gasteiger partial charge in [-0.25, -0.2) is 4.98 Å². The number of nitrogens with zero attached hydrogens (tertiary/aromatic N) is 3. The van der Waals surface area contributed by atoms with Gasteiger partial charge in [0.2, 0.25) is 5.91 Å². The number of carbonyl (C=O) groups excluding carboxylic acids is 1. The summed E-state index contributed by atoms with van der Waals surface area (Å²) < 4.78 is 0. The van der Waals surface area contributed by atoms with Gasteiger partial charge in [-0.05, 0) is 17.7 Å². The van der Waals surface area contributed by atoms with Gasteiger partial charge in [0.25, 0.3) is 0 Å². The highest BCUT2D eigenvalue weighted by Crippen LogP contribution is 2.23. The van der Waals surface area contributed by atoms with E-state index in [2.05, 4.69) is 10.3 Å². The van der Waals surface area contributed by atoms with Crippen molar-refractivity contribution in [1.82, 2.24) is 10.3 Å². The van der Waals surface area contributed by atoms with Gasteiger partial charge in [0.1, 0.15) is 23.0 Å². The molecule has 1 aromatic carbocycles. The van der Waals surface area contributed by atoms with E-state index in [1.165, 1.54) is 6.07 Å². The van der Waals surface area contributed by atoms with Crippen molar-refractivity contribution in [2.75, 3.05) is 11.5 Å². The van der Waals surface area contributed by atoms with Gasteiger partial charge in [-0.15, -0.1) is 0 Å². The summed E-state index contributed by atoms with van der Waals surface area (Å²) in [4.78, 5) is 16.0. The molecule has 0 bridgehead atoms. The Labute approximate surface area is 148 Å². The number of nitrogen functional groups attached to an aromatic ring is 1. The number of carbonyl (C=O) groups is 1. The number of thioether (sulfide) groups is 1. The number of amides is 1. The number of nitrogens with one attached hydrogen (secondary N) is 1. The standard InChI is InChI=1S/C16H12ClN5OS/c17-13-4-2-1-3-10(13)8-21-14(23)9-24-16-12(7-19)5-11(6-18)15(20)22-16/h1-5H,8-9H2,(H2,20,22)(H,21,23). The Morgan fingerprint density at radius 3 is 2.67 bits per heavy atom. The van der Waals surface area contributed by atoms with Gasteiger partial charge < -0.3 is 11.1 Å². The smallest absolute Gasteiger partial charge is 0.230 e. The summed E-state index contributed by atoms with van der Waals surface area (Å²) in [5, 5.41) is 21.6. The summed E-state index contributed by atoms with van der Waals surface area (Å²) in [5.41, 5.74) is 6.81. The van der Waals surface area contributed by atoms with Crippen LogP contribution >= 0.6 is 23.4 Å². The minimum atomic E-state index is -0.228. The van der Waals surface area contributed by atoms with E-state index in [-0.39, 0.29) is 28.6 Å². The topological polar surface area (TPSA) is 116 Å². The molecular weight excluding hydrogens is 346 g/mol. The largest absolute Gasteiger partial charge is 0.383 e. The molecule has 6 nitrogen and oxygen atoms in total. The van der Waals surface area contributed by atoms with Gasteiger partial charge in [-0.2, -0.15) is 10.5 Å². The molecule has 1 heterocycles. The summed E-state index contributed by atoms with van der Waals surface area (Å²) in [6, 6.07) is 12.4. The predicted molar refractivity (Wildman–Crippen MR) is 92.1 cm³/mol. The minimum absolute atomic E-state index is 0.0375. The van der Waals surface area contributed by atoms with E-state index in [0.29, 0.717) is 16.6 Å². The number of halogens is 1. The van der Waals surface area contributed by atoms with E-state index in [4.69, 9.17) is 27.9 Å². The summed E-state index contributed by atoms with van der Waals surface area (Å²) >= 11 is 7.11. The molecule has 0 saturated carbocycles. The first-order valence-electron chi connectivity index (χ1n) is 6.78. The molecule has 0 aliphatic heterocycles. The molecule has 120 valence electrons. The summed E-state index contributed by atoms with van der Waals surface area (Å²) in [6.07, 6.45) is 0. The van der Waals surface area contributed by atoms with Crippen molar-refractivity contribution in [3.8, 4) is 12.1 Å². The molecule has 1 aromatic heterocycles. The number of anilines is 1. The van der Waals surface area contributed by atoms with Crippen molar-refractivity contribution >= 4 is 35.1 Å². The Balaban J connectivity index is 1.97. The maximum Gasteiger partial charge on any atom is 0.230 e. The monoisotopic (exact) mass is 357 g/mol. The number of pyridine rings is 1. The molecule has 24 heavy (non-hydrogen) atoms. The molecule has 2 aromatic rings. The number of benzene rings is 1. The van der Waals surface area contributed by atoms with Gasteiger partial charge in [-0.1, -0.05) is 41.6 Å². The van der Waals surface area contributed by atoms with Crippen LogP contribution in [0.4, 0.5) is 5.82 Å². The first-order chi connectivity index (χ1) is 11.5. The molecule has 0 radical (unpaired) electrons. The zero-order valence-electron chi connectivity index (χ0n) is 12.4. The van der Waals surface area contributed by atoms with Crippen molar-refractivity contribution in [3.63, 3.8) is 0 Å². The first kappa shape index (κ1) is 17.6. The van der Waals surface area contributed by atoms with Crippen LogP contribution in [0.5, 0.6) is 0 Å². The van der Waals surface area contributed by atoms with E-state index in [1.807, 2.05) is 30.3 Å². The minimum Gasteiger partial charge on any atom is -0.383 e. The number of nitrogens with two attached hydrogens (primary N) is 1. The van der Waals surface area contributed by atoms with Gasteiger partial charge in [0, 0.05) is 11.6 Å². The van der Waals surface area contributed by atoms with E-state index < -0.39 is 0 Å². The maximum absolute atomic E-state index is 11.9. The molecule has 2 rings (SSSR count). The van der Waals surface area contributed by atoms with E-state index in [1.54, 1.807) is 6.07 Å². The third-order valence-corrected chi connectivity index (χ3v) is 4.39. The highest BCUT2D eigenvalue weighted by molar-refractivity contribution is 8.00. The van der Waals surface area contributed by atoms with Crippen LogP contribution in [0.25, 0.3) is 0 Å². The molecule has 0 unspecified atom stereocenters. The van der Waals surface area contributed by atoms with Gasteiger partial charge in [0.15, 0.2) is 0 Å². The molecule has 1 amide bonds. The van der Waals surface area contributed by atoms with Crippen molar-refractivity contribution in [3.05, 3.63) is 52.0 Å². The highest BCUT2D eigenvalue weighted by Gasteiger charge is 2.12. The molecule has 3 N–H and O–H groups in total. The molecular formula is C16H12ClN5OS. The lowest BCUT2D eigenvalue weighted by atomic mass is 10.2. The van der Waals surface area contributed by atoms with Gasteiger partial charge >= 0.3 is 0 Å². The number of rotatable bonds is 5. The first-order valence-corrected chi connectivity index (χ1v) is 8.15. The van der Waals surface area contributed by atoms with Gasteiger partial charge in [0.05, 0.1) is 16.9 Å². The van der Waals surface area contributed by atoms with Crippen LogP contribution in [0.15, 0.2) is 35.4 Å². The van der Waals surface area contributed by atoms with Crippen molar-refractivity contribution in [1.29, 1.82) is 10.5 Å². The Hall–Kier alpha value is -2.74. The SMILES string of the molecule is N#Cc1cc(C#N)c(SCC(=O)NCc2ccccc2Cl)nc1N. The summed E-state index contributed by atoms with van der Waals surface area (Å²) in [7, 11) is 0. The van der Waals surface area contributed by atoms with Crippen LogP contribution in [-0.4, -0.2) is 16.6 Å². The normalized spacial score (nSPS) is 9.79. The quantitative estimate of drug-likeness (QED) is 0.794. The molecule has 8 heteroatoms. The number of nitriles is 2. The lowest BCUT2D eigenvalue weighted by Crippen LogP contribution is -2.24. The summed E-state index contributed by atoms with van der Waals surface area (Å²) in [5.74, 6) is -0.124. The zero-order chi connectivity index (χ0) is 17.5. The van der Waals surface area contributed by atoms with Crippen LogP contribution in [0.2, 0.25) is 5.02 Å². The molecule has 0 saturated heterocycles. The summed E-state index contributed by atoms with van der Waals surface area (Å²) in [6.45, 7) is 0.313. The van der Waals surface area contributed by atoms with E-state index in [9.17, 15) is 4.79 Å². The predicted octanol–water partition coefficient (Wildman–Crippen LogP) is 2.47. The van der Waals surface area contributed by atoms with E-state index in [0.717, 1.165) is 17.3 Å². The Bertz CT molecular complexity index is 857. The fraction of sp³-hybridized carbons (Fsp3) is 0.125. The number of aromatic nitrogens is 1. The van der Waals surface area contributed by atoms with E-state index >= 15 is 0 Å². The Kier molecular flexibility index (Phi) is 6.02. The van der Waals surface area contributed by atoms with Crippen molar-refractivity contribution in [2.24, 2.45) is 0 Å². The van der Waals surface area contributed by atoms with Crippen LogP contribution < -0.4 is 11.1 Å². The van der Waals surface area contributed by atoms with Crippen LogP contribution in [0.3, 0.4) is 0 Å². The fourth-order valence-corrected chi connectivity index (χ4v) is 2.81. The second kappa shape index (κ2) is 8.21. The Morgan fingerprint density at radius 1 is 1.29 bits per heavy atom. The van der Waals surface area contributed by atoms with Crippen LogP contribution in [0, 0.1) is 22.7 Å². The third-order valence-electron chi connectivity index (χ3n) is 3.03. The molecule has 0 aliphatic rings. The average molecular weight is 358 g/mol. The molecule has 0 atom stereocenters. The lowest BCUT2D eigenvalue weighted by molar-refractivity contribution is -0.118. The fourth-order valence-electron chi connectivity index (χ4n) is 1.81. The third kappa shape index (κ3) is 4.39. The average Bonchev–Trinajstić information content (AvgIpc) is 2.59.